The SMILES string of the molecule is C=CC(=C)C.C=CC(C)(C)O.CC(C)=CCO. The minimum absolute atomic E-state index is 0.169. The summed E-state index contributed by atoms with van der Waals surface area (Å²) in [7, 11) is 0. The molecule has 0 aromatic heterocycles. The fraction of sp³-hybridized carbons (Fsp3) is 0.467. The second kappa shape index (κ2) is 12.9. The van der Waals surface area contributed by atoms with Crippen LogP contribution in [-0.4, -0.2) is 22.4 Å². The molecular weight excluding hydrogens is 212 g/mol. The Morgan fingerprint density at radius 1 is 1.18 bits per heavy atom. The van der Waals surface area contributed by atoms with Crippen molar-refractivity contribution in [3.8, 4) is 0 Å². The first-order valence-corrected chi connectivity index (χ1v) is 5.48. The zero-order valence-electron chi connectivity index (χ0n) is 12.0. The number of aliphatic hydroxyl groups excluding tert-OH is 1. The van der Waals surface area contributed by atoms with E-state index in [2.05, 4.69) is 19.7 Å². The topological polar surface area (TPSA) is 40.5 Å². The number of hydrogen-bond donors (Lipinski definition) is 2. The van der Waals surface area contributed by atoms with E-state index in [9.17, 15) is 0 Å². The van der Waals surface area contributed by atoms with Crippen molar-refractivity contribution in [3.63, 3.8) is 0 Å². The van der Waals surface area contributed by atoms with Crippen LogP contribution in [-0.2, 0) is 0 Å². The van der Waals surface area contributed by atoms with Gasteiger partial charge in [-0.05, 0) is 34.6 Å². The van der Waals surface area contributed by atoms with E-state index in [1.807, 2.05) is 20.8 Å². The third-order valence-corrected chi connectivity index (χ3v) is 1.35. The fourth-order valence-electron chi connectivity index (χ4n) is 0.183. The van der Waals surface area contributed by atoms with Gasteiger partial charge in [0.2, 0.25) is 0 Å². The maximum Gasteiger partial charge on any atom is 0.0769 e. The summed E-state index contributed by atoms with van der Waals surface area (Å²) in [5, 5.41) is 16.9. The lowest BCUT2D eigenvalue weighted by molar-refractivity contribution is 0.133. The molecule has 2 nitrogen and oxygen atoms in total. The van der Waals surface area contributed by atoms with Crippen molar-refractivity contribution in [2.24, 2.45) is 0 Å². The Morgan fingerprint density at radius 2 is 1.47 bits per heavy atom. The van der Waals surface area contributed by atoms with E-state index in [-0.39, 0.29) is 6.61 Å². The van der Waals surface area contributed by atoms with Crippen molar-refractivity contribution in [1.82, 2.24) is 0 Å². The van der Waals surface area contributed by atoms with Crippen LogP contribution < -0.4 is 0 Å². The van der Waals surface area contributed by atoms with Crippen molar-refractivity contribution in [2.45, 2.75) is 40.2 Å². The molecule has 0 saturated heterocycles. The number of rotatable bonds is 3. The molecular formula is C15H28O2. The molecule has 0 unspecified atom stereocenters. The highest BCUT2D eigenvalue weighted by Crippen LogP contribution is 1.98. The summed E-state index contributed by atoms with van der Waals surface area (Å²) in [6.45, 7) is 19.7. The molecule has 0 aliphatic carbocycles. The average Bonchev–Trinajstić information content (AvgIpc) is 2.18. The van der Waals surface area contributed by atoms with Crippen molar-refractivity contribution in [2.75, 3.05) is 6.61 Å². The van der Waals surface area contributed by atoms with E-state index in [0.717, 1.165) is 11.1 Å². The maximum absolute atomic E-state index is 8.71. The van der Waals surface area contributed by atoms with Gasteiger partial charge in [-0.15, -0.1) is 6.58 Å². The highest BCUT2D eigenvalue weighted by Gasteiger charge is 2.02. The first-order valence-electron chi connectivity index (χ1n) is 5.48. The van der Waals surface area contributed by atoms with Gasteiger partial charge in [0.15, 0.2) is 0 Å². The van der Waals surface area contributed by atoms with Gasteiger partial charge in [-0.1, -0.05) is 42.5 Å². The van der Waals surface area contributed by atoms with Gasteiger partial charge in [0.05, 0.1) is 12.2 Å². The third-order valence-electron chi connectivity index (χ3n) is 1.35. The number of aliphatic hydroxyl groups is 2. The van der Waals surface area contributed by atoms with Crippen LogP contribution in [0, 0.1) is 0 Å². The van der Waals surface area contributed by atoms with Crippen LogP contribution in [0.4, 0.5) is 0 Å². The molecule has 0 fully saturated rings. The van der Waals surface area contributed by atoms with Gasteiger partial charge in [-0.3, -0.25) is 0 Å². The Hall–Kier alpha value is -1.12. The van der Waals surface area contributed by atoms with Gasteiger partial charge in [0.25, 0.3) is 0 Å². The van der Waals surface area contributed by atoms with Crippen LogP contribution in [0.3, 0.4) is 0 Å². The Balaban J connectivity index is -0.000000174. The summed E-state index contributed by atoms with van der Waals surface area (Å²) >= 11 is 0. The van der Waals surface area contributed by atoms with Crippen LogP contribution in [0.25, 0.3) is 0 Å². The van der Waals surface area contributed by atoms with E-state index in [0.29, 0.717) is 0 Å². The van der Waals surface area contributed by atoms with Crippen molar-refractivity contribution in [1.29, 1.82) is 0 Å². The van der Waals surface area contributed by atoms with Crippen molar-refractivity contribution in [3.05, 3.63) is 49.1 Å². The molecule has 0 rings (SSSR count). The first-order chi connectivity index (χ1) is 7.60. The van der Waals surface area contributed by atoms with E-state index in [4.69, 9.17) is 10.2 Å². The fourth-order valence-corrected chi connectivity index (χ4v) is 0.183. The lowest BCUT2D eigenvalue weighted by atomic mass is 10.1. The highest BCUT2D eigenvalue weighted by molar-refractivity contribution is 5.05. The second-order valence-corrected chi connectivity index (χ2v) is 4.37. The van der Waals surface area contributed by atoms with Crippen molar-refractivity contribution >= 4 is 0 Å². The van der Waals surface area contributed by atoms with E-state index < -0.39 is 5.60 Å². The molecule has 0 aromatic carbocycles. The molecule has 0 amide bonds. The average molecular weight is 240 g/mol. The van der Waals surface area contributed by atoms with E-state index >= 15 is 0 Å². The molecule has 0 saturated carbocycles. The largest absolute Gasteiger partial charge is 0.392 e. The van der Waals surface area contributed by atoms with E-state index in [1.165, 1.54) is 6.08 Å². The number of hydrogen-bond acceptors (Lipinski definition) is 2. The van der Waals surface area contributed by atoms with Crippen LogP contribution in [0.15, 0.2) is 49.1 Å². The molecule has 0 aromatic rings. The van der Waals surface area contributed by atoms with Crippen LogP contribution >= 0.6 is 0 Å². The van der Waals surface area contributed by atoms with Gasteiger partial charge >= 0.3 is 0 Å². The quantitative estimate of drug-likeness (QED) is 0.584. The molecule has 0 radical (unpaired) electrons. The molecule has 0 heterocycles. The molecule has 2 N–H and O–H groups in total. The highest BCUT2D eigenvalue weighted by atomic mass is 16.3. The summed E-state index contributed by atoms with van der Waals surface area (Å²) in [6.07, 6.45) is 4.98. The Morgan fingerprint density at radius 3 is 1.47 bits per heavy atom. The predicted molar refractivity (Wildman–Crippen MR) is 78.0 cm³/mol. The molecule has 2 heteroatoms. The predicted octanol–water partition coefficient (Wildman–Crippen LogP) is 3.64. The standard InChI is InChI=1S/2C5H10O.C5H8/c1-5(2)3-4-6;1-4-5(2,3)6;1-4-5(2)3/h3,6H,4H2,1-2H3;4,6H,1H2,2-3H3;4H,1-2H2,3H3. The minimum atomic E-state index is -0.694. The summed E-state index contributed by atoms with van der Waals surface area (Å²) in [5.74, 6) is 0. The molecule has 0 atom stereocenters. The maximum atomic E-state index is 8.71. The summed E-state index contributed by atoms with van der Waals surface area (Å²) in [6, 6.07) is 0. The molecule has 17 heavy (non-hydrogen) atoms. The summed E-state index contributed by atoms with van der Waals surface area (Å²) in [5.41, 5.74) is 1.49. The van der Waals surface area contributed by atoms with Gasteiger partial charge in [-0.25, -0.2) is 0 Å². The number of allylic oxidation sites excluding steroid dienone is 3. The molecule has 0 aliphatic rings. The summed E-state index contributed by atoms with van der Waals surface area (Å²) in [4.78, 5) is 0. The van der Waals surface area contributed by atoms with Gasteiger partial charge in [0.1, 0.15) is 0 Å². The third kappa shape index (κ3) is 52.2. The molecule has 0 aliphatic heterocycles. The van der Waals surface area contributed by atoms with E-state index in [1.54, 1.807) is 26.0 Å². The normalized spacial score (nSPS) is 8.65. The van der Waals surface area contributed by atoms with Crippen molar-refractivity contribution < 1.29 is 10.2 Å². The first kappa shape index (κ1) is 21.2. The van der Waals surface area contributed by atoms with Gasteiger partial charge < -0.3 is 10.2 Å². The second-order valence-electron chi connectivity index (χ2n) is 4.37. The monoisotopic (exact) mass is 240 g/mol. The van der Waals surface area contributed by atoms with Crippen LogP contribution in [0.1, 0.15) is 34.6 Å². The zero-order chi connectivity index (χ0) is 14.5. The Kier molecular flexibility index (Phi) is 16.1. The smallest absolute Gasteiger partial charge is 0.0769 e. The van der Waals surface area contributed by atoms with Gasteiger partial charge in [-0.2, -0.15) is 0 Å². The molecule has 0 bridgehead atoms. The minimum Gasteiger partial charge on any atom is -0.392 e. The lowest BCUT2D eigenvalue weighted by Crippen LogP contribution is -2.12. The molecule has 0 spiro atoms. The summed E-state index contributed by atoms with van der Waals surface area (Å²) < 4.78 is 0. The van der Waals surface area contributed by atoms with Crippen LogP contribution in [0.5, 0.6) is 0 Å². The van der Waals surface area contributed by atoms with Crippen LogP contribution in [0.2, 0.25) is 0 Å². The lowest BCUT2D eigenvalue weighted by Gasteiger charge is -2.07. The zero-order valence-corrected chi connectivity index (χ0v) is 12.0. The Bertz CT molecular complexity index is 238. The molecule has 100 valence electrons. The Labute approximate surface area is 107 Å². The van der Waals surface area contributed by atoms with Gasteiger partial charge in [0, 0.05) is 0 Å².